The van der Waals surface area contributed by atoms with E-state index in [-0.39, 0.29) is 58.0 Å². The van der Waals surface area contributed by atoms with Crippen molar-refractivity contribution in [3.63, 3.8) is 0 Å². The van der Waals surface area contributed by atoms with Gasteiger partial charge in [-0.2, -0.15) is 31.4 Å². The highest BCUT2D eigenvalue weighted by molar-refractivity contribution is 6.30. The zero-order valence-electron chi connectivity index (χ0n) is 31.2. The van der Waals surface area contributed by atoms with Crippen molar-refractivity contribution >= 4 is 46.6 Å². The van der Waals surface area contributed by atoms with Gasteiger partial charge in [-0.05, 0) is 78.9 Å². The minimum absolute atomic E-state index is 0.0168. The molecule has 8 rings (SSSR count). The smallest absolute Gasteiger partial charge is 0.416 e. The van der Waals surface area contributed by atoms with Crippen LogP contribution in [-0.2, 0) is 36.9 Å². The number of allylic oxidation sites excluding steroid dienone is 2. The number of aromatic hydroxyl groups is 1. The maximum absolute atomic E-state index is 15.4. The molecule has 0 bridgehead atoms. The van der Waals surface area contributed by atoms with E-state index in [1.54, 1.807) is 18.2 Å². The zero-order valence-corrected chi connectivity index (χ0v) is 32.0. The summed E-state index contributed by atoms with van der Waals surface area (Å²) in [6.45, 7) is 0. The first-order valence-electron chi connectivity index (χ1n) is 18.3. The quantitative estimate of drug-likeness (QED) is 0.108. The first-order chi connectivity index (χ1) is 28.3. The van der Waals surface area contributed by atoms with Crippen LogP contribution in [0.1, 0.15) is 41.0 Å². The molecular weight excluding hydrogens is 827 g/mol. The van der Waals surface area contributed by atoms with Gasteiger partial charge in [0.15, 0.2) is 0 Å². The molecule has 2 saturated heterocycles. The van der Waals surface area contributed by atoms with Gasteiger partial charge in [0.25, 0.3) is 11.8 Å². The number of carbonyl (C=O) groups excluding carboxylic acids is 4. The molecule has 4 amide bonds. The Morgan fingerprint density at radius 3 is 1.92 bits per heavy atom. The standard InChI is InChI=1S/C42H31ClF7N3O7/c1-59-31-16-26(54)17-32(60-2)34(31)35-27-11-12-28-33(38(57)52(36(28)55)25-14-20(41(45,46)47)13-21(15-25)42(48,49)50)29(27)18-30-37(56)53(51-24-9-7-23(44)8-10-24)39(58)40(30,35)19-3-5-22(43)6-4-19/h3-11,13-17,28-30,33,35,51,54H,12,18H2,1-2H3. The Morgan fingerprint density at radius 1 is 0.783 bits per heavy atom. The molecule has 4 aromatic carbocycles. The van der Waals surface area contributed by atoms with Gasteiger partial charge in [-0.3, -0.25) is 24.6 Å². The maximum atomic E-state index is 15.4. The highest BCUT2D eigenvalue weighted by atomic mass is 35.5. The molecule has 6 unspecified atom stereocenters. The lowest BCUT2D eigenvalue weighted by Gasteiger charge is -2.51. The van der Waals surface area contributed by atoms with Gasteiger partial charge in [0.2, 0.25) is 11.8 Å². The number of hydrazine groups is 1. The number of phenols is 1. The van der Waals surface area contributed by atoms with Crippen LogP contribution in [0.3, 0.4) is 0 Å². The molecule has 4 aromatic rings. The van der Waals surface area contributed by atoms with Gasteiger partial charge in [0, 0.05) is 28.6 Å². The molecule has 2 N–H and O–H groups in total. The number of halogens is 8. The molecular formula is C42H31ClF7N3O7. The number of methoxy groups -OCH3 is 2. The maximum Gasteiger partial charge on any atom is 0.416 e. The zero-order chi connectivity index (χ0) is 43.2. The number of alkyl halides is 6. The monoisotopic (exact) mass is 857 g/mol. The third kappa shape index (κ3) is 6.23. The van der Waals surface area contributed by atoms with Gasteiger partial charge in [0.1, 0.15) is 23.1 Å². The minimum atomic E-state index is -5.28. The Morgan fingerprint density at radius 2 is 1.37 bits per heavy atom. The normalized spacial score (nSPS) is 25.2. The predicted molar refractivity (Wildman–Crippen MR) is 199 cm³/mol. The van der Waals surface area contributed by atoms with Gasteiger partial charge < -0.3 is 14.6 Å². The number of nitrogens with one attached hydrogen (secondary N) is 1. The Kier molecular flexibility index (Phi) is 9.68. The second-order valence-electron chi connectivity index (χ2n) is 14.9. The van der Waals surface area contributed by atoms with Crippen molar-refractivity contribution < 1.29 is 64.5 Å². The van der Waals surface area contributed by atoms with E-state index in [2.05, 4.69) is 5.43 Å². The SMILES string of the molecule is COc1cc(O)cc(OC)c1C1C2=CCC3C(=O)N(c4cc(C(F)(F)F)cc(C(F)(F)F)c4)C(=O)C3C2CC2C(=O)N(Nc3ccc(F)cc3)C(=O)C21c1ccc(Cl)cc1. The summed E-state index contributed by atoms with van der Waals surface area (Å²) in [6, 6.07) is 13.8. The first kappa shape index (κ1) is 40.7. The summed E-state index contributed by atoms with van der Waals surface area (Å²) in [6.07, 6.45) is -9.54. The molecule has 4 aliphatic rings. The summed E-state index contributed by atoms with van der Waals surface area (Å²) in [4.78, 5) is 59.4. The van der Waals surface area contributed by atoms with Crippen molar-refractivity contribution in [2.75, 3.05) is 24.5 Å². The molecule has 0 spiro atoms. The number of hydrogen-bond donors (Lipinski definition) is 2. The molecule has 0 aromatic heterocycles. The molecule has 2 aliphatic carbocycles. The Labute approximate surface area is 341 Å². The fourth-order valence-corrected chi connectivity index (χ4v) is 9.63. The number of ether oxygens (including phenoxy) is 2. The number of benzene rings is 4. The van der Waals surface area contributed by atoms with E-state index in [4.69, 9.17) is 21.1 Å². The highest BCUT2D eigenvalue weighted by Gasteiger charge is 2.71. The van der Waals surface area contributed by atoms with Gasteiger partial charge >= 0.3 is 12.4 Å². The van der Waals surface area contributed by atoms with Gasteiger partial charge in [0.05, 0.1) is 59.9 Å². The van der Waals surface area contributed by atoms with Crippen LogP contribution in [0, 0.1) is 29.5 Å². The van der Waals surface area contributed by atoms with E-state index < -0.39 is 93.6 Å². The second kappa shape index (κ2) is 14.3. The molecule has 2 heterocycles. The number of carbonyl (C=O) groups is 4. The van der Waals surface area contributed by atoms with Crippen molar-refractivity contribution in [2.24, 2.45) is 23.7 Å². The van der Waals surface area contributed by atoms with Crippen molar-refractivity contribution in [3.05, 3.63) is 124 Å². The molecule has 6 atom stereocenters. The Balaban J connectivity index is 1.35. The average Bonchev–Trinajstić information content (AvgIpc) is 3.58. The van der Waals surface area contributed by atoms with Crippen molar-refractivity contribution in [1.29, 1.82) is 0 Å². The van der Waals surface area contributed by atoms with Gasteiger partial charge in [-0.25, -0.2) is 9.29 Å². The molecule has 3 fully saturated rings. The van der Waals surface area contributed by atoms with Gasteiger partial charge in [-0.15, -0.1) is 0 Å². The lowest BCUT2D eigenvalue weighted by atomic mass is 9.49. The highest BCUT2D eigenvalue weighted by Crippen LogP contribution is 2.66. The summed E-state index contributed by atoms with van der Waals surface area (Å²) in [5, 5.41) is 11.7. The molecule has 2 aliphatic heterocycles. The lowest BCUT2D eigenvalue weighted by Crippen LogP contribution is -2.53. The minimum Gasteiger partial charge on any atom is -0.508 e. The van der Waals surface area contributed by atoms with Crippen molar-refractivity contribution in [3.8, 4) is 17.2 Å². The number of imide groups is 2. The third-order valence-corrected chi connectivity index (χ3v) is 12.2. The van der Waals surface area contributed by atoms with Crippen LogP contribution >= 0.6 is 11.6 Å². The third-order valence-electron chi connectivity index (χ3n) is 11.9. The number of hydrogen-bond acceptors (Lipinski definition) is 8. The summed E-state index contributed by atoms with van der Waals surface area (Å²) in [7, 11) is 2.56. The summed E-state index contributed by atoms with van der Waals surface area (Å²) in [5.74, 6) is -11.3. The second-order valence-corrected chi connectivity index (χ2v) is 15.3. The number of nitrogens with zero attached hydrogens (tertiary/aromatic N) is 2. The summed E-state index contributed by atoms with van der Waals surface area (Å²) in [5.41, 5.74) is -2.70. The van der Waals surface area contributed by atoms with Crippen LogP contribution in [0.2, 0.25) is 5.02 Å². The molecule has 60 heavy (non-hydrogen) atoms. The van der Waals surface area contributed by atoms with Gasteiger partial charge in [-0.1, -0.05) is 35.4 Å². The number of anilines is 2. The van der Waals surface area contributed by atoms with Crippen LogP contribution in [0.4, 0.5) is 42.1 Å². The largest absolute Gasteiger partial charge is 0.508 e. The van der Waals surface area contributed by atoms with Crippen LogP contribution < -0.4 is 19.8 Å². The molecule has 18 heteroatoms. The Hall–Kier alpha value is -6.10. The predicted octanol–water partition coefficient (Wildman–Crippen LogP) is 8.43. The number of phenolic OH excluding ortho intramolecular Hbond substituents is 1. The number of rotatable bonds is 7. The molecule has 10 nitrogen and oxygen atoms in total. The van der Waals surface area contributed by atoms with Crippen LogP contribution in [0.5, 0.6) is 17.2 Å². The average molecular weight is 858 g/mol. The van der Waals surface area contributed by atoms with Crippen molar-refractivity contribution in [1.82, 2.24) is 5.01 Å². The molecule has 312 valence electrons. The van der Waals surface area contributed by atoms with E-state index in [0.29, 0.717) is 22.6 Å². The Bertz CT molecular complexity index is 2440. The number of fused-ring (bicyclic) bond motifs is 4. The summed E-state index contributed by atoms with van der Waals surface area (Å²) >= 11 is 6.32. The van der Waals surface area contributed by atoms with Crippen LogP contribution in [-0.4, -0.2) is 48.0 Å². The fraction of sp³-hybridized carbons (Fsp3) is 0.286. The van der Waals surface area contributed by atoms with E-state index in [9.17, 15) is 50.2 Å². The van der Waals surface area contributed by atoms with E-state index in [1.165, 1.54) is 50.6 Å². The van der Waals surface area contributed by atoms with E-state index in [0.717, 1.165) is 17.1 Å². The lowest BCUT2D eigenvalue weighted by molar-refractivity contribution is -0.143. The topological polar surface area (TPSA) is 125 Å². The first-order valence-corrected chi connectivity index (χ1v) is 18.7. The van der Waals surface area contributed by atoms with E-state index in [1.807, 2.05) is 0 Å². The number of amides is 4. The summed E-state index contributed by atoms with van der Waals surface area (Å²) < 4.78 is 109. The van der Waals surface area contributed by atoms with Crippen LogP contribution in [0.15, 0.2) is 90.5 Å². The van der Waals surface area contributed by atoms with E-state index >= 15 is 4.79 Å². The van der Waals surface area contributed by atoms with Crippen LogP contribution in [0.25, 0.3) is 0 Å². The molecule has 0 radical (unpaired) electrons. The fourth-order valence-electron chi connectivity index (χ4n) is 9.50. The van der Waals surface area contributed by atoms with Crippen molar-refractivity contribution in [2.45, 2.75) is 36.5 Å². The molecule has 1 saturated carbocycles.